The summed E-state index contributed by atoms with van der Waals surface area (Å²) in [6, 6.07) is 0. The minimum absolute atomic E-state index is 0.178. The first-order chi connectivity index (χ1) is 12.0. The van der Waals surface area contributed by atoms with Crippen molar-refractivity contribution in [1.29, 1.82) is 0 Å². The molecule has 0 radical (unpaired) electrons. The summed E-state index contributed by atoms with van der Waals surface area (Å²) in [4.78, 5) is 11.7. The summed E-state index contributed by atoms with van der Waals surface area (Å²) in [6.45, 7) is 3.92. The van der Waals surface area contributed by atoms with Gasteiger partial charge in [0.25, 0.3) is 0 Å². The van der Waals surface area contributed by atoms with Crippen LogP contribution in [0, 0.1) is 5.41 Å². The number of carbonyl (C=O) groups is 1. The summed E-state index contributed by atoms with van der Waals surface area (Å²) in [5.74, 6) is -5.56. The van der Waals surface area contributed by atoms with Crippen LogP contribution in [0.15, 0.2) is 0 Å². The van der Waals surface area contributed by atoms with Crippen molar-refractivity contribution >= 4 is 5.97 Å². The topological polar surface area (TPSA) is 37.3 Å². The van der Waals surface area contributed by atoms with E-state index in [4.69, 9.17) is 0 Å². The Balaban J connectivity index is 4.31. The van der Waals surface area contributed by atoms with Crippen molar-refractivity contribution in [3.05, 3.63) is 0 Å². The van der Waals surface area contributed by atoms with E-state index < -0.39 is 29.9 Å². The van der Waals surface area contributed by atoms with E-state index in [9.17, 15) is 31.9 Å². The highest BCUT2D eigenvalue weighted by molar-refractivity contribution is 5.74. The standard InChI is InChI=1S/C19H33F5O2/c1-3-5-6-7-8-10-13-17(4-2,16(25)26)14-11-9-12-15-18(20,21)19(22,23)24/h3-15H2,1-2H3,(H,25,26). The molecule has 0 amide bonds. The number of unbranched alkanes of at least 4 members (excludes halogenated alkanes) is 7. The second-order valence-electron chi connectivity index (χ2n) is 7.22. The number of hydrogen-bond donors (Lipinski definition) is 1. The molecule has 1 N–H and O–H groups in total. The van der Waals surface area contributed by atoms with Crippen LogP contribution in [0.5, 0.6) is 0 Å². The third-order valence-electron chi connectivity index (χ3n) is 5.20. The van der Waals surface area contributed by atoms with Crippen molar-refractivity contribution < 1.29 is 31.9 Å². The predicted octanol–water partition coefficient (Wildman–Crippen LogP) is 7.37. The molecular formula is C19H33F5O2. The molecule has 0 aromatic carbocycles. The van der Waals surface area contributed by atoms with Crippen LogP contribution in [0.25, 0.3) is 0 Å². The van der Waals surface area contributed by atoms with Crippen LogP contribution in [0.3, 0.4) is 0 Å². The van der Waals surface area contributed by atoms with E-state index in [-0.39, 0.29) is 12.8 Å². The molecule has 7 heteroatoms. The lowest BCUT2D eigenvalue weighted by molar-refractivity contribution is -0.284. The summed E-state index contributed by atoms with van der Waals surface area (Å²) in [5.41, 5.74) is -0.892. The van der Waals surface area contributed by atoms with E-state index >= 15 is 0 Å². The number of halogens is 5. The molecule has 0 aliphatic carbocycles. The molecule has 0 aromatic rings. The van der Waals surface area contributed by atoms with Gasteiger partial charge in [0.05, 0.1) is 5.41 Å². The van der Waals surface area contributed by atoms with Crippen molar-refractivity contribution in [2.24, 2.45) is 5.41 Å². The van der Waals surface area contributed by atoms with Crippen LogP contribution in [0.1, 0.15) is 97.3 Å². The molecule has 0 bridgehead atoms. The lowest BCUT2D eigenvalue weighted by atomic mass is 9.75. The molecule has 0 aliphatic rings. The quantitative estimate of drug-likeness (QED) is 0.235. The number of rotatable bonds is 15. The third kappa shape index (κ3) is 8.67. The maximum absolute atomic E-state index is 12.9. The van der Waals surface area contributed by atoms with Gasteiger partial charge in [0.2, 0.25) is 0 Å². The molecule has 0 heterocycles. The van der Waals surface area contributed by atoms with Gasteiger partial charge < -0.3 is 5.11 Å². The molecule has 26 heavy (non-hydrogen) atoms. The average molecular weight is 388 g/mol. The molecule has 0 spiro atoms. The van der Waals surface area contributed by atoms with Gasteiger partial charge in [-0.15, -0.1) is 0 Å². The van der Waals surface area contributed by atoms with Gasteiger partial charge in [-0.2, -0.15) is 22.0 Å². The minimum atomic E-state index is -5.51. The van der Waals surface area contributed by atoms with Crippen LogP contribution in [-0.4, -0.2) is 23.2 Å². The van der Waals surface area contributed by atoms with Gasteiger partial charge in [-0.05, 0) is 25.7 Å². The van der Waals surface area contributed by atoms with Crippen LogP contribution < -0.4 is 0 Å². The zero-order valence-corrected chi connectivity index (χ0v) is 15.9. The summed E-state index contributed by atoms with van der Waals surface area (Å²) in [5, 5.41) is 9.59. The highest BCUT2D eigenvalue weighted by atomic mass is 19.4. The molecule has 2 nitrogen and oxygen atoms in total. The zero-order chi connectivity index (χ0) is 20.3. The first kappa shape index (κ1) is 25.1. The molecule has 0 rings (SSSR count). The number of hydrogen-bond acceptors (Lipinski definition) is 1. The molecule has 0 aromatic heterocycles. The fourth-order valence-electron chi connectivity index (χ4n) is 3.22. The van der Waals surface area contributed by atoms with Gasteiger partial charge in [-0.1, -0.05) is 65.2 Å². The van der Waals surface area contributed by atoms with Crippen molar-refractivity contribution in [3.8, 4) is 0 Å². The van der Waals surface area contributed by atoms with E-state index in [1.54, 1.807) is 6.92 Å². The Hall–Kier alpha value is -0.880. The molecule has 0 saturated heterocycles. The Bertz CT molecular complexity index is 396. The normalized spacial score (nSPS) is 15.0. The first-order valence-electron chi connectivity index (χ1n) is 9.70. The Labute approximate surface area is 153 Å². The minimum Gasteiger partial charge on any atom is -0.481 e. The highest BCUT2D eigenvalue weighted by Gasteiger charge is 2.56. The number of carboxylic acid groups (broad SMARTS) is 1. The molecule has 0 fully saturated rings. The maximum atomic E-state index is 12.9. The van der Waals surface area contributed by atoms with Gasteiger partial charge in [0, 0.05) is 6.42 Å². The monoisotopic (exact) mass is 388 g/mol. The molecule has 156 valence electrons. The highest BCUT2D eigenvalue weighted by Crippen LogP contribution is 2.40. The Morgan fingerprint density at radius 1 is 0.731 bits per heavy atom. The van der Waals surface area contributed by atoms with Crippen molar-refractivity contribution in [1.82, 2.24) is 0 Å². The fraction of sp³-hybridized carbons (Fsp3) is 0.947. The second kappa shape index (κ2) is 11.8. The lowest BCUT2D eigenvalue weighted by Crippen LogP contribution is -2.36. The summed E-state index contributed by atoms with van der Waals surface area (Å²) >= 11 is 0. The van der Waals surface area contributed by atoms with E-state index in [1.807, 2.05) is 0 Å². The van der Waals surface area contributed by atoms with Gasteiger partial charge in [-0.25, -0.2) is 0 Å². The van der Waals surface area contributed by atoms with Crippen molar-refractivity contribution in [2.75, 3.05) is 0 Å². The molecule has 0 aliphatic heterocycles. The Morgan fingerprint density at radius 2 is 1.15 bits per heavy atom. The van der Waals surface area contributed by atoms with Crippen LogP contribution >= 0.6 is 0 Å². The second-order valence-corrected chi connectivity index (χ2v) is 7.22. The van der Waals surface area contributed by atoms with E-state index in [2.05, 4.69) is 6.92 Å². The smallest absolute Gasteiger partial charge is 0.453 e. The van der Waals surface area contributed by atoms with Crippen molar-refractivity contribution in [3.63, 3.8) is 0 Å². The predicted molar refractivity (Wildman–Crippen MR) is 92.4 cm³/mol. The zero-order valence-electron chi connectivity index (χ0n) is 15.9. The molecule has 1 atom stereocenters. The Kier molecular flexibility index (Phi) is 11.4. The van der Waals surface area contributed by atoms with Gasteiger partial charge >= 0.3 is 18.1 Å². The maximum Gasteiger partial charge on any atom is 0.453 e. The van der Waals surface area contributed by atoms with E-state index in [0.29, 0.717) is 25.7 Å². The van der Waals surface area contributed by atoms with Crippen LogP contribution in [0.2, 0.25) is 0 Å². The lowest BCUT2D eigenvalue weighted by Gasteiger charge is -2.28. The largest absolute Gasteiger partial charge is 0.481 e. The van der Waals surface area contributed by atoms with E-state index in [0.717, 1.165) is 32.1 Å². The van der Waals surface area contributed by atoms with Gasteiger partial charge in [0.15, 0.2) is 0 Å². The van der Waals surface area contributed by atoms with Crippen LogP contribution in [-0.2, 0) is 4.79 Å². The van der Waals surface area contributed by atoms with Gasteiger partial charge in [-0.3, -0.25) is 4.79 Å². The molecule has 0 saturated carbocycles. The number of alkyl halides is 5. The summed E-state index contributed by atoms with van der Waals surface area (Å²) in [7, 11) is 0. The number of carboxylic acids is 1. The SMILES string of the molecule is CCCCCCCCC(CC)(CCCCCC(F)(F)C(F)(F)F)C(=O)O. The third-order valence-corrected chi connectivity index (χ3v) is 5.20. The van der Waals surface area contributed by atoms with Crippen LogP contribution in [0.4, 0.5) is 22.0 Å². The average Bonchev–Trinajstić information content (AvgIpc) is 2.54. The number of aliphatic carboxylic acids is 1. The van der Waals surface area contributed by atoms with E-state index in [1.165, 1.54) is 6.42 Å². The fourth-order valence-corrected chi connectivity index (χ4v) is 3.22. The molecule has 1 unspecified atom stereocenters. The van der Waals surface area contributed by atoms with Gasteiger partial charge in [0.1, 0.15) is 0 Å². The molecular weight excluding hydrogens is 355 g/mol. The first-order valence-corrected chi connectivity index (χ1v) is 9.70. The summed E-state index contributed by atoms with van der Waals surface area (Å²) in [6.07, 6.45) is 1.09. The Morgan fingerprint density at radius 3 is 1.58 bits per heavy atom. The van der Waals surface area contributed by atoms with Crippen molar-refractivity contribution in [2.45, 2.75) is 109 Å². The summed E-state index contributed by atoms with van der Waals surface area (Å²) < 4.78 is 62.1.